The third-order valence-corrected chi connectivity index (χ3v) is 5.69. The number of amides is 2. The fraction of sp³-hybridized carbons (Fsp3) is 0.650. The first kappa shape index (κ1) is 17.5. The van der Waals surface area contributed by atoms with E-state index in [1.165, 1.54) is 12.8 Å². The fourth-order valence-corrected chi connectivity index (χ4v) is 3.86. The number of piperidine rings is 1. The number of fused-ring (bicyclic) bond motifs is 1. The minimum absolute atomic E-state index is 0.00184. The van der Waals surface area contributed by atoms with Crippen LogP contribution in [0.3, 0.4) is 0 Å². The zero-order valence-corrected chi connectivity index (χ0v) is 15.6. The van der Waals surface area contributed by atoms with Crippen LogP contribution in [0.1, 0.15) is 37.7 Å². The topological polar surface area (TPSA) is 54.0 Å². The molecule has 2 fully saturated rings. The van der Waals surface area contributed by atoms with Gasteiger partial charge in [0.05, 0.1) is 13.2 Å². The van der Waals surface area contributed by atoms with Gasteiger partial charge < -0.3 is 24.6 Å². The molecule has 26 heavy (non-hydrogen) atoms. The Balaban J connectivity index is 1.27. The van der Waals surface area contributed by atoms with E-state index in [0.29, 0.717) is 25.8 Å². The molecule has 0 spiro atoms. The summed E-state index contributed by atoms with van der Waals surface area (Å²) in [7, 11) is 1.92. The van der Waals surface area contributed by atoms with E-state index in [0.717, 1.165) is 55.5 Å². The van der Waals surface area contributed by atoms with Gasteiger partial charge in [-0.25, -0.2) is 4.79 Å². The number of likely N-dealkylation sites (tertiary alicyclic amines) is 1. The molecule has 4 rings (SSSR count). The third-order valence-electron chi connectivity index (χ3n) is 5.69. The van der Waals surface area contributed by atoms with Crippen LogP contribution in [0.15, 0.2) is 18.2 Å². The van der Waals surface area contributed by atoms with Crippen LogP contribution in [0.4, 0.5) is 4.79 Å². The van der Waals surface area contributed by atoms with Crippen molar-refractivity contribution in [2.24, 2.45) is 0 Å². The van der Waals surface area contributed by atoms with E-state index in [-0.39, 0.29) is 6.03 Å². The zero-order valence-electron chi connectivity index (χ0n) is 15.6. The molecule has 0 unspecified atom stereocenters. The first-order valence-corrected chi connectivity index (χ1v) is 9.84. The summed E-state index contributed by atoms with van der Waals surface area (Å²) >= 11 is 0. The van der Waals surface area contributed by atoms with Crippen LogP contribution in [-0.2, 0) is 6.54 Å². The minimum atomic E-state index is 0.00184. The number of rotatable bonds is 4. The second-order valence-electron chi connectivity index (χ2n) is 7.60. The molecule has 142 valence electrons. The van der Waals surface area contributed by atoms with Gasteiger partial charge in [-0.3, -0.25) is 0 Å². The van der Waals surface area contributed by atoms with Gasteiger partial charge in [-0.15, -0.1) is 0 Å². The second-order valence-corrected chi connectivity index (χ2v) is 7.60. The van der Waals surface area contributed by atoms with Crippen molar-refractivity contribution < 1.29 is 14.3 Å². The summed E-state index contributed by atoms with van der Waals surface area (Å²) in [6.07, 6.45) is 5.76. The Kier molecular flexibility index (Phi) is 5.20. The Bertz CT molecular complexity index is 639. The van der Waals surface area contributed by atoms with E-state index >= 15 is 0 Å². The summed E-state index contributed by atoms with van der Waals surface area (Å²) in [5.41, 5.74) is 1.03. The quantitative estimate of drug-likeness (QED) is 0.898. The highest BCUT2D eigenvalue weighted by Crippen LogP contribution is 2.31. The van der Waals surface area contributed by atoms with Crippen LogP contribution in [0.25, 0.3) is 0 Å². The highest BCUT2D eigenvalue weighted by atomic mass is 16.5. The van der Waals surface area contributed by atoms with Crippen molar-refractivity contribution in [2.45, 2.75) is 50.7 Å². The Morgan fingerprint density at radius 2 is 1.88 bits per heavy atom. The maximum absolute atomic E-state index is 12.5. The Labute approximate surface area is 155 Å². The number of urea groups is 1. The molecule has 2 aliphatic heterocycles. The van der Waals surface area contributed by atoms with E-state index in [1.807, 2.05) is 30.1 Å². The predicted molar refractivity (Wildman–Crippen MR) is 99.7 cm³/mol. The summed E-state index contributed by atoms with van der Waals surface area (Å²) in [5, 5.41) is 3.04. The molecule has 6 heteroatoms. The molecule has 1 saturated carbocycles. The standard InChI is InChI=1S/C20H29N3O3/c1-22(16-7-9-23(10-8-16)17-4-5-17)20(24)21-14-15-3-6-18-19(13-15)26-12-2-11-25-18/h3,6,13,16-17H,2,4-5,7-12,14H2,1H3,(H,21,24). The first-order valence-electron chi connectivity index (χ1n) is 9.84. The molecule has 0 radical (unpaired) electrons. The molecule has 1 aliphatic carbocycles. The van der Waals surface area contributed by atoms with Crippen LogP contribution in [0.2, 0.25) is 0 Å². The average Bonchev–Trinajstić information content (AvgIpc) is 3.52. The van der Waals surface area contributed by atoms with Crippen molar-refractivity contribution >= 4 is 6.03 Å². The van der Waals surface area contributed by atoms with Crippen molar-refractivity contribution in [1.29, 1.82) is 0 Å². The molecule has 0 aromatic heterocycles. The number of carbonyl (C=O) groups excluding carboxylic acids is 1. The maximum atomic E-state index is 12.5. The Morgan fingerprint density at radius 1 is 1.15 bits per heavy atom. The lowest BCUT2D eigenvalue weighted by Gasteiger charge is -2.36. The number of hydrogen-bond donors (Lipinski definition) is 1. The summed E-state index contributed by atoms with van der Waals surface area (Å²) in [4.78, 5) is 17.0. The summed E-state index contributed by atoms with van der Waals surface area (Å²) < 4.78 is 11.4. The number of benzene rings is 1. The molecule has 0 bridgehead atoms. The van der Waals surface area contributed by atoms with Gasteiger partial charge >= 0.3 is 6.03 Å². The molecule has 6 nitrogen and oxygen atoms in total. The minimum Gasteiger partial charge on any atom is -0.490 e. The average molecular weight is 359 g/mol. The molecule has 1 aromatic rings. The first-order chi connectivity index (χ1) is 12.7. The Morgan fingerprint density at radius 3 is 2.62 bits per heavy atom. The van der Waals surface area contributed by atoms with Gasteiger partial charge in [0.1, 0.15) is 0 Å². The largest absolute Gasteiger partial charge is 0.490 e. The van der Waals surface area contributed by atoms with Crippen LogP contribution < -0.4 is 14.8 Å². The third kappa shape index (κ3) is 4.06. The van der Waals surface area contributed by atoms with E-state index in [1.54, 1.807) is 0 Å². The van der Waals surface area contributed by atoms with Gasteiger partial charge in [-0.05, 0) is 43.4 Å². The Hall–Kier alpha value is -1.95. The number of carbonyl (C=O) groups is 1. The molecular formula is C20H29N3O3. The predicted octanol–water partition coefficient (Wildman–Crippen LogP) is 2.62. The van der Waals surface area contributed by atoms with Crippen molar-refractivity contribution in [2.75, 3.05) is 33.4 Å². The van der Waals surface area contributed by atoms with E-state index < -0.39 is 0 Å². The second kappa shape index (κ2) is 7.74. The molecule has 0 atom stereocenters. The van der Waals surface area contributed by atoms with Crippen LogP contribution in [0, 0.1) is 0 Å². The molecule has 2 amide bonds. The highest BCUT2D eigenvalue weighted by molar-refractivity contribution is 5.74. The van der Waals surface area contributed by atoms with Gasteiger partial charge in [-0.2, -0.15) is 0 Å². The van der Waals surface area contributed by atoms with Crippen LogP contribution in [-0.4, -0.2) is 61.3 Å². The van der Waals surface area contributed by atoms with E-state index in [4.69, 9.17) is 9.47 Å². The lowest BCUT2D eigenvalue weighted by Crippen LogP contribution is -2.49. The zero-order chi connectivity index (χ0) is 17.9. The normalized spacial score (nSPS) is 21.1. The number of hydrogen-bond acceptors (Lipinski definition) is 4. The number of nitrogens with one attached hydrogen (secondary N) is 1. The number of nitrogens with zero attached hydrogens (tertiary/aromatic N) is 2. The summed E-state index contributed by atoms with van der Waals surface area (Å²) in [5.74, 6) is 1.56. The summed E-state index contributed by atoms with van der Waals surface area (Å²) in [6, 6.07) is 7.06. The van der Waals surface area contributed by atoms with Crippen LogP contribution >= 0.6 is 0 Å². The van der Waals surface area contributed by atoms with Crippen molar-refractivity contribution in [3.8, 4) is 11.5 Å². The van der Waals surface area contributed by atoms with Crippen molar-refractivity contribution in [3.05, 3.63) is 23.8 Å². The van der Waals surface area contributed by atoms with E-state index in [2.05, 4.69) is 10.2 Å². The summed E-state index contributed by atoms with van der Waals surface area (Å²) in [6.45, 7) is 4.10. The van der Waals surface area contributed by atoms with Crippen molar-refractivity contribution in [3.63, 3.8) is 0 Å². The SMILES string of the molecule is CN(C(=O)NCc1ccc2c(c1)OCCCO2)C1CCN(C2CC2)CC1. The van der Waals surface area contributed by atoms with Crippen molar-refractivity contribution in [1.82, 2.24) is 15.1 Å². The molecule has 1 aromatic carbocycles. The van der Waals surface area contributed by atoms with Gasteiger partial charge in [0, 0.05) is 45.2 Å². The van der Waals surface area contributed by atoms with Gasteiger partial charge in [0.25, 0.3) is 0 Å². The van der Waals surface area contributed by atoms with Crippen LogP contribution in [0.5, 0.6) is 11.5 Å². The van der Waals surface area contributed by atoms with Gasteiger partial charge in [0.2, 0.25) is 0 Å². The molecule has 1 N–H and O–H groups in total. The smallest absolute Gasteiger partial charge is 0.317 e. The highest BCUT2D eigenvalue weighted by Gasteiger charge is 2.33. The molecule has 2 heterocycles. The maximum Gasteiger partial charge on any atom is 0.317 e. The fourth-order valence-electron chi connectivity index (χ4n) is 3.86. The lowest BCUT2D eigenvalue weighted by molar-refractivity contribution is 0.130. The van der Waals surface area contributed by atoms with Gasteiger partial charge in [0.15, 0.2) is 11.5 Å². The lowest BCUT2D eigenvalue weighted by atomic mass is 10.0. The van der Waals surface area contributed by atoms with E-state index in [9.17, 15) is 4.79 Å². The molecule has 1 saturated heterocycles. The molecular weight excluding hydrogens is 330 g/mol. The monoisotopic (exact) mass is 359 g/mol. The van der Waals surface area contributed by atoms with Gasteiger partial charge in [-0.1, -0.05) is 6.07 Å². The number of ether oxygens (including phenoxy) is 2. The molecule has 3 aliphatic rings.